The number of hydrogen-bond acceptors (Lipinski definition) is 4. The molecule has 3 aromatic rings. The van der Waals surface area contributed by atoms with Gasteiger partial charge in [0.1, 0.15) is 5.00 Å². The molecule has 5 heteroatoms. The SMILES string of the molecule is c1ccc(NN=C(N=Nc2cccs2)c2ccccc2)cc1. The number of hydrazone groups is 1. The van der Waals surface area contributed by atoms with Gasteiger partial charge in [0, 0.05) is 5.56 Å². The highest BCUT2D eigenvalue weighted by atomic mass is 32.1. The number of rotatable bonds is 4. The van der Waals surface area contributed by atoms with Crippen molar-refractivity contribution in [3.05, 3.63) is 83.7 Å². The van der Waals surface area contributed by atoms with Crippen molar-refractivity contribution in [3.63, 3.8) is 0 Å². The minimum absolute atomic E-state index is 0.540. The molecule has 1 heterocycles. The Kier molecular flexibility index (Phi) is 4.69. The van der Waals surface area contributed by atoms with Crippen molar-refractivity contribution >= 4 is 27.9 Å². The van der Waals surface area contributed by atoms with Crippen molar-refractivity contribution < 1.29 is 0 Å². The Morgan fingerprint density at radius 3 is 2.23 bits per heavy atom. The average molecular weight is 306 g/mol. The fourth-order valence-electron chi connectivity index (χ4n) is 1.79. The van der Waals surface area contributed by atoms with Crippen LogP contribution in [0.15, 0.2) is 93.5 Å². The third kappa shape index (κ3) is 3.86. The lowest BCUT2D eigenvalue weighted by atomic mass is 10.2. The van der Waals surface area contributed by atoms with Crippen molar-refractivity contribution in [1.29, 1.82) is 0 Å². The number of hydrogen-bond donors (Lipinski definition) is 1. The summed E-state index contributed by atoms with van der Waals surface area (Å²) >= 11 is 1.54. The van der Waals surface area contributed by atoms with Crippen LogP contribution in [-0.4, -0.2) is 5.84 Å². The molecular formula is C17H14N4S. The van der Waals surface area contributed by atoms with Gasteiger partial charge in [0.05, 0.1) is 5.69 Å². The summed E-state index contributed by atoms with van der Waals surface area (Å²) < 4.78 is 0. The first-order valence-electron chi connectivity index (χ1n) is 6.81. The van der Waals surface area contributed by atoms with Gasteiger partial charge in [0.15, 0.2) is 0 Å². The Morgan fingerprint density at radius 1 is 0.818 bits per heavy atom. The summed E-state index contributed by atoms with van der Waals surface area (Å²) in [6.07, 6.45) is 0. The third-order valence-corrected chi connectivity index (χ3v) is 3.60. The van der Waals surface area contributed by atoms with Crippen LogP contribution in [0, 0.1) is 0 Å². The Morgan fingerprint density at radius 2 is 1.55 bits per heavy atom. The summed E-state index contributed by atoms with van der Waals surface area (Å²) in [5, 5.41) is 15.7. The zero-order valence-corrected chi connectivity index (χ0v) is 12.6. The summed E-state index contributed by atoms with van der Waals surface area (Å²) in [5.41, 5.74) is 4.82. The quantitative estimate of drug-likeness (QED) is 0.302. The molecule has 1 N–H and O–H groups in total. The molecule has 0 fully saturated rings. The van der Waals surface area contributed by atoms with E-state index in [0.29, 0.717) is 5.84 Å². The first-order chi connectivity index (χ1) is 10.9. The van der Waals surface area contributed by atoms with Crippen LogP contribution in [0.25, 0.3) is 0 Å². The standard InChI is InChI=1S/C17H14N4S/c1-3-8-14(9-4-1)17(21-19-16-12-7-13-22-16)20-18-15-10-5-2-6-11-15/h1-13,18H. The maximum absolute atomic E-state index is 4.37. The van der Waals surface area contributed by atoms with Gasteiger partial charge < -0.3 is 0 Å². The number of azo groups is 1. The van der Waals surface area contributed by atoms with Gasteiger partial charge in [-0.15, -0.1) is 21.6 Å². The zero-order valence-electron chi connectivity index (χ0n) is 11.8. The highest BCUT2D eigenvalue weighted by Crippen LogP contribution is 2.20. The summed E-state index contributed by atoms with van der Waals surface area (Å²) in [6, 6.07) is 23.4. The second-order valence-electron chi connectivity index (χ2n) is 4.43. The second-order valence-corrected chi connectivity index (χ2v) is 5.36. The largest absolute Gasteiger partial charge is 0.276 e. The predicted octanol–water partition coefficient (Wildman–Crippen LogP) is 5.31. The molecule has 0 aliphatic carbocycles. The lowest BCUT2D eigenvalue weighted by Gasteiger charge is -2.02. The first-order valence-corrected chi connectivity index (χ1v) is 7.69. The summed E-state index contributed by atoms with van der Waals surface area (Å²) in [7, 11) is 0. The maximum atomic E-state index is 4.37. The van der Waals surface area contributed by atoms with Gasteiger partial charge in [-0.1, -0.05) is 48.5 Å². The molecule has 3 rings (SSSR count). The molecule has 0 aliphatic rings. The van der Waals surface area contributed by atoms with E-state index < -0.39 is 0 Å². The molecule has 0 atom stereocenters. The molecule has 4 nitrogen and oxygen atoms in total. The van der Waals surface area contributed by atoms with E-state index in [0.717, 1.165) is 16.3 Å². The van der Waals surface area contributed by atoms with Gasteiger partial charge in [-0.3, -0.25) is 5.43 Å². The zero-order chi connectivity index (χ0) is 15.0. The van der Waals surface area contributed by atoms with Gasteiger partial charge in [0.25, 0.3) is 0 Å². The molecule has 1 aromatic heterocycles. The number of anilines is 1. The number of nitrogens with one attached hydrogen (secondary N) is 1. The Bertz CT molecular complexity index is 750. The molecule has 0 amide bonds. The molecular weight excluding hydrogens is 292 g/mol. The van der Waals surface area contributed by atoms with Gasteiger partial charge in [-0.2, -0.15) is 5.10 Å². The topological polar surface area (TPSA) is 49.1 Å². The molecule has 2 aromatic carbocycles. The molecule has 0 spiro atoms. The van der Waals surface area contributed by atoms with Crippen LogP contribution in [0.1, 0.15) is 5.56 Å². The first kappa shape index (κ1) is 14.2. The molecule has 0 saturated carbocycles. The second kappa shape index (κ2) is 7.28. The molecule has 0 unspecified atom stereocenters. The van der Waals surface area contributed by atoms with E-state index in [1.165, 1.54) is 11.3 Å². The predicted molar refractivity (Wildman–Crippen MR) is 91.9 cm³/mol. The van der Waals surface area contributed by atoms with Gasteiger partial charge in [0.2, 0.25) is 5.84 Å². The van der Waals surface area contributed by atoms with E-state index >= 15 is 0 Å². The minimum Gasteiger partial charge on any atom is -0.276 e. The molecule has 0 bridgehead atoms. The molecule has 108 valence electrons. The van der Waals surface area contributed by atoms with E-state index in [9.17, 15) is 0 Å². The molecule has 0 saturated heterocycles. The van der Waals surface area contributed by atoms with Crippen LogP contribution in [-0.2, 0) is 0 Å². The van der Waals surface area contributed by atoms with Crippen LogP contribution >= 0.6 is 11.3 Å². The average Bonchev–Trinajstić information content (AvgIpc) is 3.10. The minimum atomic E-state index is 0.540. The Hall–Kier alpha value is -2.79. The van der Waals surface area contributed by atoms with E-state index in [4.69, 9.17) is 0 Å². The van der Waals surface area contributed by atoms with Gasteiger partial charge >= 0.3 is 0 Å². The maximum Gasteiger partial charge on any atom is 0.201 e. The monoisotopic (exact) mass is 306 g/mol. The molecule has 0 radical (unpaired) electrons. The van der Waals surface area contributed by atoms with Gasteiger partial charge in [-0.05, 0) is 29.6 Å². The lowest BCUT2D eigenvalue weighted by Crippen LogP contribution is -2.00. The number of para-hydroxylation sites is 1. The van der Waals surface area contributed by atoms with E-state index in [2.05, 4.69) is 20.8 Å². The number of amidine groups is 1. The Labute approximate surface area is 132 Å². The van der Waals surface area contributed by atoms with E-state index in [1.807, 2.05) is 78.2 Å². The fraction of sp³-hybridized carbons (Fsp3) is 0. The fourth-order valence-corrected chi connectivity index (χ4v) is 2.33. The Balaban J connectivity index is 1.86. The number of nitrogens with zero attached hydrogens (tertiary/aromatic N) is 3. The van der Waals surface area contributed by atoms with Crippen molar-refractivity contribution in [2.45, 2.75) is 0 Å². The third-order valence-electron chi connectivity index (χ3n) is 2.85. The highest BCUT2D eigenvalue weighted by molar-refractivity contribution is 7.13. The van der Waals surface area contributed by atoms with Crippen molar-refractivity contribution in [1.82, 2.24) is 0 Å². The van der Waals surface area contributed by atoms with Crippen LogP contribution < -0.4 is 5.43 Å². The van der Waals surface area contributed by atoms with Crippen molar-refractivity contribution in [3.8, 4) is 0 Å². The summed E-state index contributed by atoms with van der Waals surface area (Å²) in [6.45, 7) is 0. The van der Waals surface area contributed by atoms with Crippen molar-refractivity contribution in [2.24, 2.45) is 15.3 Å². The highest BCUT2D eigenvalue weighted by Gasteiger charge is 2.02. The van der Waals surface area contributed by atoms with Crippen LogP contribution in [0.5, 0.6) is 0 Å². The van der Waals surface area contributed by atoms with Crippen LogP contribution in [0.2, 0.25) is 0 Å². The van der Waals surface area contributed by atoms with E-state index in [-0.39, 0.29) is 0 Å². The molecule has 22 heavy (non-hydrogen) atoms. The number of thiophene rings is 1. The molecule has 0 aliphatic heterocycles. The number of benzene rings is 2. The van der Waals surface area contributed by atoms with Crippen LogP contribution in [0.3, 0.4) is 0 Å². The van der Waals surface area contributed by atoms with Gasteiger partial charge in [-0.25, -0.2) is 0 Å². The van der Waals surface area contributed by atoms with Crippen LogP contribution in [0.4, 0.5) is 10.7 Å². The van der Waals surface area contributed by atoms with Crippen molar-refractivity contribution in [2.75, 3.05) is 5.43 Å². The summed E-state index contributed by atoms with van der Waals surface area (Å²) in [5.74, 6) is 0.540. The normalized spacial score (nSPS) is 11.7. The smallest absolute Gasteiger partial charge is 0.201 e. The van der Waals surface area contributed by atoms with E-state index in [1.54, 1.807) is 0 Å². The summed E-state index contributed by atoms with van der Waals surface area (Å²) in [4.78, 5) is 0. The lowest BCUT2D eigenvalue weighted by molar-refractivity contribution is 1.24.